The van der Waals surface area contributed by atoms with Crippen molar-refractivity contribution in [1.82, 2.24) is 20.3 Å². The largest absolute Gasteiger partial charge is 0.497 e. The van der Waals surface area contributed by atoms with Crippen molar-refractivity contribution in [3.63, 3.8) is 0 Å². The van der Waals surface area contributed by atoms with Gasteiger partial charge in [0.25, 0.3) is 5.91 Å². The van der Waals surface area contributed by atoms with E-state index in [-0.39, 0.29) is 11.6 Å². The van der Waals surface area contributed by atoms with Gasteiger partial charge < -0.3 is 15.0 Å². The minimum Gasteiger partial charge on any atom is -0.497 e. The third-order valence-corrected chi connectivity index (χ3v) is 5.91. The second-order valence-electron chi connectivity index (χ2n) is 8.60. The summed E-state index contributed by atoms with van der Waals surface area (Å²) < 4.78 is 6.81. The summed E-state index contributed by atoms with van der Waals surface area (Å²) in [6.45, 7) is 2.52. The molecule has 0 saturated heterocycles. The standard InChI is InChI=1S/C28H29N5O3/c1-20-9-11-22(12-10-20)18-33-19-26(30-31-33)27(34)29-25(17-21-7-5-4-6-8-21)28(35)32(2)23-13-15-24(36-3)16-14-23/h4-16,19,25H,17-18H2,1-3H3,(H,29,34)/t25-/m0/s1. The van der Waals surface area contributed by atoms with Crippen LogP contribution in [-0.4, -0.2) is 47.0 Å². The van der Waals surface area contributed by atoms with Gasteiger partial charge in [-0.1, -0.05) is 65.4 Å². The maximum absolute atomic E-state index is 13.5. The molecule has 3 aromatic carbocycles. The highest BCUT2D eigenvalue weighted by Crippen LogP contribution is 2.19. The third kappa shape index (κ3) is 6.15. The number of hydrogen-bond donors (Lipinski definition) is 1. The Hall–Kier alpha value is -4.46. The molecule has 1 atom stereocenters. The zero-order chi connectivity index (χ0) is 25.5. The van der Waals surface area contributed by atoms with Crippen LogP contribution >= 0.6 is 0 Å². The van der Waals surface area contributed by atoms with Crippen molar-refractivity contribution < 1.29 is 14.3 Å². The lowest BCUT2D eigenvalue weighted by Gasteiger charge is -2.25. The highest BCUT2D eigenvalue weighted by molar-refractivity contribution is 6.01. The topological polar surface area (TPSA) is 89.4 Å². The molecule has 0 unspecified atom stereocenters. The number of ether oxygens (including phenoxy) is 1. The van der Waals surface area contributed by atoms with Gasteiger partial charge in [-0.2, -0.15) is 0 Å². The first-order chi connectivity index (χ1) is 17.4. The molecule has 4 rings (SSSR count). The van der Waals surface area contributed by atoms with E-state index in [2.05, 4.69) is 15.6 Å². The van der Waals surface area contributed by atoms with Crippen LogP contribution < -0.4 is 15.0 Å². The summed E-state index contributed by atoms with van der Waals surface area (Å²) in [5.74, 6) is -0.00514. The first-order valence-electron chi connectivity index (χ1n) is 11.6. The third-order valence-electron chi connectivity index (χ3n) is 5.91. The minimum absolute atomic E-state index is 0.153. The normalized spacial score (nSPS) is 11.5. The highest BCUT2D eigenvalue weighted by Gasteiger charge is 2.27. The molecule has 0 fully saturated rings. The molecule has 36 heavy (non-hydrogen) atoms. The van der Waals surface area contributed by atoms with Crippen molar-refractivity contribution in [3.05, 3.63) is 107 Å². The maximum Gasteiger partial charge on any atom is 0.274 e. The van der Waals surface area contributed by atoms with Crippen molar-refractivity contribution in [2.75, 3.05) is 19.1 Å². The number of amides is 2. The van der Waals surface area contributed by atoms with Crippen LogP contribution in [0.15, 0.2) is 85.1 Å². The van der Waals surface area contributed by atoms with Gasteiger partial charge in [0.05, 0.1) is 19.9 Å². The van der Waals surface area contributed by atoms with Crippen LogP contribution in [0.25, 0.3) is 0 Å². The van der Waals surface area contributed by atoms with Crippen LogP contribution in [0.3, 0.4) is 0 Å². The van der Waals surface area contributed by atoms with Crippen molar-refractivity contribution in [2.24, 2.45) is 0 Å². The number of rotatable bonds is 9. The Bertz CT molecular complexity index is 1300. The number of anilines is 1. The average molecular weight is 484 g/mol. The zero-order valence-electron chi connectivity index (χ0n) is 20.6. The van der Waals surface area contributed by atoms with Crippen LogP contribution in [0.2, 0.25) is 0 Å². The van der Waals surface area contributed by atoms with E-state index in [1.807, 2.05) is 61.5 Å². The summed E-state index contributed by atoms with van der Waals surface area (Å²) >= 11 is 0. The number of carbonyl (C=O) groups excluding carboxylic acids is 2. The Kier molecular flexibility index (Phi) is 7.75. The Labute approximate surface area is 210 Å². The van der Waals surface area contributed by atoms with Crippen LogP contribution in [0, 0.1) is 6.92 Å². The second kappa shape index (κ2) is 11.3. The van der Waals surface area contributed by atoms with Gasteiger partial charge in [-0.25, -0.2) is 4.68 Å². The van der Waals surface area contributed by atoms with Crippen LogP contribution in [0.5, 0.6) is 5.75 Å². The number of nitrogens with zero attached hydrogens (tertiary/aromatic N) is 4. The fraction of sp³-hybridized carbons (Fsp3) is 0.214. The van der Waals surface area contributed by atoms with E-state index in [0.717, 1.165) is 11.1 Å². The lowest BCUT2D eigenvalue weighted by Crippen LogP contribution is -2.48. The van der Waals surface area contributed by atoms with Gasteiger partial charge in [0.15, 0.2) is 5.69 Å². The molecule has 8 nitrogen and oxygen atoms in total. The molecule has 0 aliphatic rings. The molecular weight excluding hydrogens is 454 g/mol. The Morgan fingerprint density at radius 3 is 2.33 bits per heavy atom. The lowest BCUT2D eigenvalue weighted by molar-refractivity contribution is -0.120. The number of benzene rings is 3. The molecule has 4 aromatic rings. The van der Waals surface area contributed by atoms with Gasteiger partial charge in [-0.3, -0.25) is 9.59 Å². The van der Waals surface area contributed by atoms with Gasteiger partial charge in [0, 0.05) is 19.2 Å². The van der Waals surface area contributed by atoms with Crippen molar-refractivity contribution >= 4 is 17.5 Å². The van der Waals surface area contributed by atoms with E-state index in [0.29, 0.717) is 24.4 Å². The van der Waals surface area contributed by atoms with Crippen LogP contribution in [0.4, 0.5) is 5.69 Å². The van der Waals surface area contributed by atoms with Gasteiger partial charge in [-0.15, -0.1) is 5.10 Å². The van der Waals surface area contributed by atoms with E-state index in [1.54, 1.807) is 49.3 Å². The van der Waals surface area contributed by atoms with E-state index in [4.69, 9.17) is 4.74 Å². The number of aryl methyl sites for hydroxylation is 1. The van der Waals surface area contributed by atoms with Crippen LogP contribution in [0.1, 0.15) is 27.2 Å². The van der Waals surface area contributed by atoms with Crippen molar-refractivity contribution in [2.45, 2.75) is 25.9 Å². The predicted molar refractivity (Wildman–Crippen MR) is 138 cm³/mol. The van der Waals surface area contributed by atoms with E-state index in [1.165, 1.54) is 10.5 Å². The first-order valence-corrected chi connectivity index (χ1v) is 11.6. The smallest absolute Gasteiger partial charge is 0.274 e. The van der Waals surface area contributed by atoms with Gasteiger partial charge >= 0.3 is 0 Å². The first kappa shape index (κ1) is 24.7. The molecule has 0 saturated carbocycles. The fourth-order valence-corrected chi connectivity index (χ4v) is 3.81. The highest BCUT2D eigenvalue weighted by atomic mass is 16.5. The lowest BCUT2D eigenvalue weighted by atomic mass is 10.0. The van der Waals surface area contributed by atoms with Crippen molar-refractivity contribution in [1.29, 1.82) is 0 Å². The minimum atomic E-state index is -0.797. The Morgan fingerprint density at radius 1 is 0.972 bits per heavy atom. The molecule has 0 bridgehead atoms. The summed E-state index contributed by atoms with van der Waals surface area (Å²) in [6.07, 6.45) is 1.93. The quantitative estimate of drug-likeness (QED) is 0.393. The molecule has 2 amide bonds. The molecule has 0 spiro atoms. The van der Waals surface area contributed by atoms with E-state index in [9.17, 15) is 9.59 Å². The Morgan fingerprint density at radius 2 is 1.67 bits per heavy atom. The number of hydrogen-bond acceptors (Lipinski definition) is 5. The molecule has 184 valence electrons. The molecule has 1 aromatic heterocycles. The summed E-state index contributed by atoms with van der Waals surface area (Å²) in [5, 5.41) is 11.0. The SMILES string of the molecule is COc1ccc(N(C)C(=O)[C@H](Cc2ccccc2)NC(=O)c2cn(Cc3ccc(C)cc3)nn2)cc1. The summed E-state index contributed by atoms with van der Waals surface area (Å²) in [7, 11) is 3.28. The van der Waals surface area contributed by atoms with E-state index < -0.39 is 11.9 Å². The van der Waals surface area contributed by atoms with Crippen LogP contribution in [-0.2, 0) is 17.8 Å². The summed E-state index contributed by atoms with van der Waals surface area (Å²) in [6, 6.07) is 24.0. The zero-order valence-corrected chi connectivity index (χ0v) is 20.6. The molecule has 1 heterocycles. The summed E-state index contributed by atoms with van der Waals surface area (Å²) in [4.78, 5) is 28.1. The van der Waals surface area contributed by atoms with Gasteiger partial charge in [0.2, 0.25) is 5.91 Å². The molecule has 0 aliphatic heterocycles. The van der Waals surface area contributed by atoms with Crippen molar-refractivity contribution in [3.8, 4) is 5.75 Å². The fourth-order valence-electron chi connectivity index (χ4n) is 3.81. The number of carbonyl (C=O) groups is 2. The molecule has 0 aliphatic carbocycles. The van der Waals surface area contributed by atoms with Gasteiger partial charge in [-0.05, 0) is 42.3 Å². The number of nitrogens with one attached hydrogen (secondary N) is 1. The monoisotopic (exact) mass is 483 g/mol. The number of methoxy groups -OCH3 is 1. The molecular formula is C28H29N5O3. The predicted octanol–water partition coefficient (Wildman–Crippen LogP) is 3.65. The summed E-state index contributed by atoms with van der Waals surface area (Å²) in [5.41, 5.74) is 4.00. The molecule has 8 heteroatoms. The Balaban J connectivity index is 1.50. The average Bonchev–Trinajstić information content (AvgIpc) is 3.38. The van der Waals surface area contributed by atoms with E-state index >= 15 is 0 Å². The second-order valence-corrected chi connectivity index (χ2v) is 8.60. The molecule has 1 N–H and O–H groups in total. The van der Waals surface area contributed by atoms with Gasteiger partial charge in [0.1, 0.15) is 11.8 Å². The molecule has 0 radical (unpaired) electrons. The number of aromatic nitrogens is 3. The number of likely N-dealkylation sites (N-methyl/N-ethyl adjacent to an activating group) is 1. The maximum atomic E-state index is 13.5.